The lowest BCUT2D eigenvalue weighted by atomic mass is 9.89. The number of aromatic nitrogens is 2. The van der Waals surface area contributed by atoms with Gasteiger partial charge in [-0.15, -0.1) is 0 Å². The topological polar surface area (TPSA) is 64.4 Å². The Bertz CT molecular complexity index is 1320. The molecule has 0 fully saturated rings. The molecule has 1 aromatic heterocycles. The summed E-state index contributed by atoms with van der Waals surface area (Å²) in [4.78, 5) is 33.5. The van der Waals surface area contributed by atoms with Gasteiger partial charge in [0.1, 0.15) is 0 Å². The van der Waals surface area contributed by atoms with E-state index in [4.69, 9.17) is 21.3 Å². The van der Waals surface area contributed by atoms with Crippen LogP contribution in [-0.4, -0.2) is 28.0 Å². The number of nitrogens with zero attached hydrogens (tertiary/aromatic N) is 3. The third kappa shape index (κ3) is 3.76. The van der Waals surface area contributed by atoms with E-state index in [1.807, 2.05) is 71.3 Å². The zero-order valence-electron chi connectivity index (χ0n) is 18.0. The van der Waals surface area contributed by atoms with E-state index in [0.29, 0.717) is 17.5 Å². The number of esters is 1. The van der Waals surface area contributed by atoms with Gasteiger partial charge in [0, 0.05) is 5.02 Å². The number of hydrogen-bond donors (Lipinski definition) is 0. The van der Waals surface area contributed by atoms with E-state index in [9.17, 15) is 9.59 Å². The predicted molar refractivity (Wildman–Crippen MR) is 127 cm³/mol. The van der Waals surface area contributed by atoms with E-state index in [1.54, 1.807) is 24.0 Å². The molecule has 0 N–H and O–H groups in total. The highest BCUT2D eigenvalue weighted by molar-refractivity contribution is 6.30. The molecule has 3 aromatic carbocycles. The van der Waals surface area contributed by atoms with E-state index in [1.165, 1.54) is 0 Å². The number of para-hydroxylation sites is 2. The maximum Gasteiger partial charge on any atom is 0.321 e. The van der Waals surface area contributed by atoms with Crippen LogP contribution in [-0.2, 0) is 20.9 Å². The van der Waals surface area contributed by atoms with Crippen molar-refractivity contribution in [1.82, 2.24) is 9.55 Å². The summed E-state index contributed by atoms with van der Waals surface area (Å²) in [7, 11) is 0. The fraction of sp³-hybridized carbons (Fsp3) is 0.192. The molecule has 1 aliphatic rings. The van der Waals surface area contributed by atoms with Gasteiger partial charge in [-0.3, -0.25) is 14.5 Å². The second-order valence-corrected chi connectivity index (χ2v) is 8.34. The van der Waals surface area contributed by atoms with Crippen LogP contribution < -0.4 is 4.90 Å². The Balaban J connectivity index is 1.75. The van der Waals surface area contributed by atoms with Crippen molar-refractivity contribution in [3.8, 4) is 0 Å². The summed E-state index contributed by atoms with van der Waals surface area (Å²) in [6, 6.07) is 24.0. The summed E-state index contributed by atoms with van der Waals surface area (Å²) >= 11 is 6.13. The SMILES string of the molecule is CCOC(=O)[C@@H]1C(=O)N(Cc2ccccc2)c2nc3ccccc3n2[C@@H]1c1ccc(Cl)cc1. The summed E-state index contributed by atoms with van der Waals surface area (Å²) in [5.74, 6) is -1.44. The molecule has 0 aliphatic carbocycles. The molecule has 33 heavy (non-hydrogen) atoms. The van der Waals surface area contributed by atoms with Gasteiger partial charge >= 0.3 is 5.97 Å². The van der Waals surface area contributed by atoms with Gasteiger partial charge in [0.25, 0.3) is 0 Å². The minimum absolute atomic E-state index is 0.187. The van der Waals surface area contributed by atoms with Crippen molar-refractivity contribution in [3.63, 3.8) is 0 Å². The van der Waals surface area contributed by atoms with Crippen LogP contribution in [0, 0.1) is 5.92 Å². The molecule has 0 spiro atoms. The number of benzene rings is 3. The molecule has 1 aliphatic heterocycles. The molecule has 0 saturated heterocycles. The summed E-state index contributed by atoms with van der Waals surface area (Å²) in [6.45, 7) is 2.22. The van der Waals surface area contributed by atoms with Gasteiger partial charge in [-0.05, 0) is 42.3 Å². The van der Waals surface area contributed by atoms with Crippen LogP contribution >= 0.6 is 11.6 Å². The van der Waals surface area contributed by atoms with Crippen LogP contribution in [0.2, 0.25) is 5.02 Å². The van der Waals surface area contributed by atoms with E-state index in [-0.39, 0.29) is 12.5 Å². The van der Waals surface area contributed by atoms with Gasteiger partial charge in [0.05, 0.1) is 30.2 Å². The summed E-state index contributed by atoms with van der Waals surface area (Å²) < 4.78 is 7.36. The van der Waals surface area contributed by atoms with Crippen molar-refractivity contribution in [3.05, 3.63) is 95.0 Å². The van der Waals surface area contributed by atoms with Gasteiger partial charge in [-0.25, -0.2) is 4.98 Å². The van der Waals surface area contributed by atoms with Crippen molar-refractivity contribution in [2.75, 3.05) is 11.5 Å². The minimum Gasteiger partial charge on any atom is -0.465 e. The number of imidazole rings is 1. The van der Waals surface area contributed by atoms with Crippen LogP contribution in [0.15, 0.2) is 78.9 Å². The number of carbonyl (C=O) groups is 2. The van der Waals surface area contributed by atoms with Crippen molar-refractivity contribution in [1.29, 1.82) is 0 Å². The monoisotopic (exact) mass is 459 g/mol. The highest BCUT2D eigenvalue weighted by atomic mass is 35.5. The Morgan fingerprint density at radius 2 is 1.70 bits per heavy atom. The molecule has 0 unspecified atom stereocenters. The summed E-state index contributed by atoms with van der Waals surface area (Å²) in [5, 5.41) is 0.579. The molecule has 2 heterocycles. The third-order valence-electron chi connectivity index (χ3n) is 5.88. The lowest BCUT2D eigenvalue weighted by Gasteiger charge is -2.38. The quantitative estimate of drug-likeness (QED) is 0.311. The summed E-state index contributed by atoms with van der Waals surface area (Å²) in [6.07, 6.45) is 0. The first-order valence-corrected chi connectivity index (χ1v) is 11.2. The number of rotatable bonds is 5. The molecule has 7 heteroatoms. The lowest BCUT2D eigenvalue weighted by molar-refractivity contribution is -0.153. The number of ether oxygens (including phenoxy) is 1. The molecule has 5 rings (SSSR count). The Morgan fingerprint density at radius 3 is 2.42 bits per heavy atom. The Kier molecular flexibility index (Phi) is 5.60. The largest absolute Gasteiger partial charge is 0.465 e. The Morgan fingerprint density at radius 1 is 1.00 bits per heavy atom. The zero-order valence-corrected chi connectivity index (χ0v) is 18.8. The molecule has 0 bridgehead atoms. The minimum atomic E-state index is -1.06. The second kappa shape index (κ2) is 8.71. The molecule has 0 radical (unpaired) electrons. The number of halogens is 1. The number of hydrogen-bond acceptors (Lipinski definition) is 4. The lowest BCUT2D eigenvalue weighted by Crippen LogP contribution is -2.49. The van der Waals surface area contributed by atoms with E-state index >= 15 is 0 Å². The number of anilines is 1. The summed E-state index contributed by atoms with van der Waals surface area (Å²) in [5.41, 5.74) is 3.32. The first kappa shape index (κ1) is 21.2. The van der Waals surface area contributed by atoms with Crippen LogP contribution in [0.4, 0.5) is 5.95 Å². The number of fused-ring (bicyclic) bond motifs is 3. The predicted octanol–water partition coefficient (Wildman–Crippen LogP) is 5.01. The fourth-order valence-electron chi connectivity index (χ4n) is 4.42. The van der Waals surface area contributed by atoms with Gasteiger partial charge in [-0.2, -0.15) is 0 Å². The molecule has 6 nitrogen and oxygen atoms in total. The van der Waals surface area contributed by atoms with Gasteiger partial charge in [-0.1, -0.05) is 66.2 Å². The van der Waals surface area contributed by atoms with Gasteiger partial charge in [0.2, 0.25) is 11.9 Å². The van der Waals surface area contributed by atoms with E-state index in [0.717, 1.165) is 22.2 Å². The van der Waals surface area contributed by atoms with Crippen LogP contribution in [0.3, 0.4) is 0 Å². The average molecular weight is 460 g/mol. The van der Waals surface area contributed by atoms with Gasteiger partial charge < -0.3 is 9.30 Å². The third-order valence-corrected chi connectivity index (χ3v) is 6.13. The molecule has 2 atom stereocenters. The highest BCUT2D eigenvalue weighted by Crippen LogP contribution is 2.42. The van der Waals surface area contributed by atoms with Crippen molar-refractivity contribution in [2.24, 2.45) is 5.92 Å². The first-order chi connectivity index (χ1) is 16.1. The number of carbonyl (C=O) groups excluding carboxylic acids is 2. The zero-order chi connectivity index (χ0) is 22.9. The van der Waals surface area contributed by atoms with Gasteiger partial charge in [0.15, 0.2) is 5.92 Å². The van der Waals surface area contributed by atoms with Crippen molar-refractivity contribution < 1.29 is 14.3 Å². The smallest absolute Gasteiger partial charge is 0.321 e. The molecule has 166 valence electrons. The van der Waals surface area contributed by atoms with Crippen LogP contribution in [0.1, 0.15) is 24.1 Å². The van der Waals surface area contributed by atoms with Crippen LogP contribution in [0.5, 0.6) is 0 Å². The number of amides is 1. The maximum atomic E-state index is 13.9. The molecule has 0 saturated carbocycles. The van der Waals surface area contributed by atoms with Crippen LogP contribution in [0.25, 0.3) is 11.0 Å². The average Bonchev–Trinajstić information content (AvgIpc) is 3.21. The van der Waals surface area contributed by atoms with E-state index < -0.39 is 17.9 Å². The molecule has 1 amide bonds. The van der Waals surface area contributed by atoms with Crippen molar-refractivity contribution in [2.45, 2.75) is 19.5 Å². The maximum absolute atomic E-state index is 13.9. The van der Waals surface area contributed by atoms with E-state index in [2.05, 4.69) is 0 Å². The Labute approximate surface area is 196 Å². The molecular formula is C26H22ClN3O3. The first-order valence-electron chi connectivity index (χ1n) is 10.8. The highest BCUT2D eigenvalue weighted by Gasteiger charge is 2.47. The molecular weight excluding hydrogens is 438 g/mol. The van der Waals surface area contributed by atoms with Crippen molar-refractivity contribution >= 4 is 40.5 Å². The Hall–Kier alpha value is -3.64. The second-order valence-electron chi connectivity index (χ2n) is 7.91. The standard InChI is InChI=1S/C26H22ClN3O3/c1-2-33-25(32)22-23(18-12-14-19(27)15-13-18)30-21-11-7-6-10-20(21)28-26(30)29(24(22)31)16-17-8-4-3-5-9-17/h3-15,22-23H,2,16H2,1H3/t22-,23+/m0/s1. The normalized spacial score (nSPS) is 17.8. The molecule has 4 aromatic rings. The fourth-order valence-corrected chi connectivity index (χ4v) is 4.55.